The molecule has 0 spiro atoms. The number of nitrogens with zero attached hydrogens (tertiary/aromatic N) is 1. The van der Waals surface area contributed by atoms with Gasteiger partial charge in [0.15, 0.2) is 5.78 Å². The highest BCUT2D eigenvalue weighted by Crippen LogP contribution is 2.14. The predicted octanol–water partition coefficient (Wildman–Crippen LogP) is 2.63. The van der Waals surface area contributed by atoms with E-state index in [9.17, 15) is 4.79 Å². The molecule has 1 rings (SSSR count). The van der Waals surface area contributed by atoms with Crippen LogP contribution >= 0.6 is 0 Å². The smallest absolute Gasteiger partial charge is 0.213 e. The molecule has 1 aromatic heterocycles. The molecule has 0 aliphatic rings. The van der Waals surface area contributed by atoms with Gasteiger partial charge in [-0.1, -0.05) is 13.8 Å². The SMILES string of the molecule is CC(=O)c1cnc(OCC(C)C)cc1C. The Morgan fingerprint density at radius 3 is 2.67 bits per heavy atom. The van der Waals surface area contributed by atoms with Gasteiger partial charge in [0.05, 0.1) is 6.61 Å². The van der Waals surface area contributed by atoms with E-state index in [1.807, 2.05) is 6.92 Å². The van der Waals surface area contributed by atoms with Crippen molar-refractivity contribution in [2.24, 2.45) is 5.92 Å². The summed E-state index contributed by atoms with van der Waals surface area (Å²) in [7, 11) is 0. The number of aryl methyl sites for hydroxylation is 1. The van der Waals surface area contributed by atoms with Gasteiger partial charge in [0, 0.05) is 17.8 Å². The van der Waals surface area contributed by atoms with Gasteiger partial charge in [0.1, 0.15) is 0 Å². The quantitative estimate of drug-likeness (QED) is 0.712. The lowest BCUT2D eigenvalue weighted by molar-refractivity contribution is 0.101. The summed E-state index contributed by atoms with van der Waals surface area (Å²) in [4.78, 5) is 15.3. The zero-order valence-corrected chi connectivity index (χ0v) is 9.70. The Morgan fingerprint density at radius 1 is 1.53 bits per heavy atom. The largest absolute Gasteiger partial charge is 0.477 e. The first-order chi connectivity index (χ1) is 7.00. The molecule has 0 fully saturated rings. The summed E-state index contributed by atoms with van der Waals surface area (Å²) in [6.07, 6.45) is 1.58. The van der Waals surface area contributed by atoms with E-state index in [-0.39, 0.29) is 5.78 Å². The van der Waals surface area contributed by atoms with Crippen LogP contribution < -0.4 is 4.74 Å². The average Bonchev–Trinajstić information content (AvgIpc) is 2.14. The third kappa shape index (κ3) is 3.35. The second-order valence-corrected chi connectivity index (χ2v) is 4.10. The van der Waals surface area contributed by atoms with Gasteiger partial charge in [-0.3, -0.25) is 4.79 Å². The van der Waals surface area contributed by atoms with Gasteiger partial charge >= 0.3 is 0 Å². The first kappa shape index (κ1) is 11.7. The Morgan fingerprint density at radius 2 is 2.20 bits per heavy atom. The Bertz CT molecular complexity index is 359. The Kier molecular flexibility index (Phi) is 3.83. The first-order valence-electron chi connectivity index (χ1n) is 5.11. The predicted molar refractivity (Wildman–Crippen MR) is 59.3 cm³/mol. The fourth-order valence-corrected chi connectivity index (χ4v) is 1.23. The maximum Gasteiger partial charge on any atom is 0.213 e. The molecule has 0 aliphatic carbocycles. The number of hydrogen-bond acceptors (Lipinski definition) is 3. The van der Waals surface area contributed by atoms with Crippen molar-refractivity contribution in [1.29, 1.82) is 0 Å². The topological polar surface area (TPSA) is 39.2 Å². The van der Waals surface area contributed by atoms with Crippen LogP contribution in [0.5, 0.6) is 5.88 Å². The minimum atomic E-state index is 0.0374. The van der Waals surface area contributed by atoms with Crippen LogP contribution in [-0.2, 0) is 0 Å². The molecule has 15 heavy (non-hydrogen) atoms. The van der Waals surface area contributed by atoms with Gasteiger partial charge in [-0.15, -0.1) is 0 Å². The van der Waals surface area contributed by atoms with Crippen LogP contribution in [0.3, 0.4) is 0 Å². The van der Waals surface area contributed by atoms with E-state index in [0.29, 0.717) is 24.0 Å². The summed E-state index contributed by atoms with van der Waals surface area (Å²) in [6, 6.07) is 1.80. The van der Waals surface area contributed by atoms with Gasteiger partial charge in [0.2, 0.25) is 5.88 Å². The number of rotatable bonds is 4. The molecule has 0 unspecified atom stereocenters. The van der Waals surface area contributed by atoms with Crippen LogP contribution in [-0.4, -0.2) is 17.4 Å². The van der Waals surface area contributed by atoms with Crippen molar-refractivity contribution in [2.75, 3.05) is 6.61 Å². The highest BCUT2D eigenvalue weighted by atomic mass is 16.5. The molecule has 0 atom stereocenters. The van der Waals surface area contributed by atoms with Gasteiger partial charge in [-0.05, 0) is 25.3 Å². The fraction of sp³-hybridized carbons (Fsp3) is 0.500. The van der Waals surface area contributed by atoms with E-state index in [2.05, 4.69) is 18.8 Å². The molecule has 0 radical (unpaired) electrons. The third-order valence-corrected chi connectivity index (χ3v) is 2.03. The minimum Gasteiger partial charge on any atom is -0.477 e. The first-order valence-corrected chi connectivity index (χ1v) is 5.11. The molecule has 0 saturated heterocycles. The number of carbonyl (C=O) groups is 1. The normalized spacial score (nSPS) is 10.5. The lowest BCUT2D eigenvalue weighted by Gasteiger charge is -2.09. The van der Waals surface area contributed by atoms with Crippen molar-refractivity contribution >= 4 is 5.78 Å². The van der Waals surface area contributed by atoms with E-state index in [1.54, 1.807) is 19.2 Å². The van der Waals surface area contributed by atoms with Crippen molar-refractivity contribution in [3.8, 4) is 5.88 Å². The summed E-state index contributed by atoms with van der Waals surface area (Å²) in [5.41, 5.74) is 1.57. The zero-order chi connectivity index (χ0) is 11.4. The van der Waals surface area contributed by atoms with Crippen LogP contribution in [0.2, 0.25) is 0 Å². The van der Waals surface area contributed by atoms with Crippen molar-refractivity contribution in [2.45, 2.75) is 27.7 Å². The maximum atomic E-state index is 11.2. The lowest BCUT2D eigenvalue weighted by Crippen LogP contribution is -2.07. The average molecular weight is 207 g/mol. The summed E-state index contributed by atoms with van der Waals surface area (Å²) < 4.78 is 5.46. The molecule has 0 aliphatic heterocycles. The number of aromatic nitrogens is 1. The molecule has 1 heterocycles. The molecular formula is C12H17NO2. The van der Waals surface area contributed by atoms with Crippen molar-refractivity contribution in [3.63, 3.8) is 0 Å². The zero-order valence-electron chi connectivity index (χ0n) is 9.70. The highest BCUT2D eigenvalue weighted by Gasteiger charge is 2.06. The molecule has 3 nitrogen and oxygen atoms in total. The van der Waals surface area contributed by atoms with Crippen LogP contribution in [0.1, 0.15) is 36.7 Å². The number of pyridine rings is 1. The molecule has 82 valence electrons. The lowest BCUT2D eigenvalue weighted by atomic mass is 10.1. The summed E-state index contributed by atoms with van der Waals surface area (Å²) >= 11 is 0. The number of ketones is 1. The van der Waals surface area contributed by atoms with Crippen LogP contribution in [0, 0.1) is 12.8 Å². The molecule has 0 N–H and O–H groups in total. The van der Waals surface area contributed by atoms with E-state index in [0.717, 1.165) is 5.56 Å². The van der Waals surface area contributed by atoms with Crippen molar-refractivity contribution in [1.82, 2.24) is 4.98 Å². The molecule has 0 bridgehead atoms. The number of hydrogen-bond donors (Lipinski definition) is 0. The monoisotopic (exact) mass is 207 g/mol. The second-order valence-electron chi connectivity index (χ2n) is 4.10. The van der Waals surface area contributed by atoms with Crippen LogP contribution in [0.25, 0.3) is 0 Å². The van der Waals surface area contributed by atoms with Crippen molar-refractivity contribution in [3.05, 3.63) is 23.4 Å². The number of carbonyl (C=O) groups excluding carboxylic acids is 1. The van der Waals surface area contributed by atoms with Gasteiger partial charge in [0.25, 0.3) is 0 Å². The second kappa shape index (κ2) is 4.91. The van der Waals surface area contributed by atoms with Crippen LogP contribution in [0.4, 0.5) is 0 Å². The van der Waals surface area contributed by atoms with Crippen LogP contribution in [0.15, 0.2) is 12.3 Å². The van der Waals surface area contributed by atoms with E-state index >= 15 is 0 Å². The van der Waals surface area contributed by atoms with Gasteiger partial charge < -0.3 is 4.74 Å². The van der Waals surface area contributed by atoms with E-state index < -0.39 is 0 Å². The fourth-order valence-electron chi connectivity index (χ4n) is 1.23. The van der Waals surface area contributed by atoms with E-state index in [1.165, 1.54) is 0 Å². The summed E-state index contributed by atoms with van der Waals surface area (Å²) in [5.74, 6) is 1.10. The van der Waals surface area contributed by atoms with Gasteiger partial charge in [-0.25, -0.2) is 4.98 Å². The Labute approximate surface area is 90.5 Å². The van der Waals surface area contributed by atoms with E-state index in [4.69, 9.17) is 4.74 Å². The standard InChI is InChI=1S/C12H17NO2/c1-8(2)7-15-12-5-9(3)11(6-13-12)10(4)14/h5-6,8H,7H2,1-4H3. The molecular weight excluding hydrogens is 190 g/mol. The number of ether oxygens (including phenoxy) is 1. The minimum absolute atomic E-state index is 0.0374. The highest BCUT2D eigenvalue weighted by molar-refractivity contribution is 5.95. The molecule has 1 aromatic rings. The molecule has 3 heteroatoms. The van der Waals surface area contributed by atoms with Crippen molar-refractivity contribution < 1.29 is 9.53 Å². The summed E-state index contributed by atoms with van der Waals surface area (Å²) in [6.45, 7) is 8.23. The Hall–Kier alpha value is -1.38. The molecule has 0 aromatic carbocycles. The summed E-state index contributed by atoms with van der Waals surface area (Å²) in [5, 5.41) is 0. The van der Waals surface area contributed by atoms with Gasteiger partial charge in [-0.2, -0.15) is 0 Å². The molecule has 0 amide bonds. The maximum absolute atomic E-state index is 11.2. The molecule has 0 saturated carbocycles. The third-order valence-electron chi connectivity index (χ3n) is 2.03. The Balaban J connectivity index is 2.78. The number of Topliss-reactive ketones (excluding diaryl/α,β-unsaturated/α-hetero) is 1.